The van der Waals surface area contributed by atoms with Crippen LogP contribution in [0.1, 0.15) is 36.1 Å². The summed E-state index contributed by atoms with van der Waals surface area (Å²) < 4.78 is 0. The van der Waals surface area contributed by atoms with Crippen LogP contribution in [0.5, 0.6) is 0 Å². The quantitative estimate of drug-likeness (QED) is 0.756. The van der Waals surface area contributed by atoms with Gasteiger partial charge in [-0.15, -0.1) is 0 Å². The van der Waals surface area contributed by atoms with E-state index in [9.17, 15) is 9.59 Å². The normalized spacial score (nSPS) is 11.2. The summed E-state index contributed by atoms with van der Waals surface area (Å²) in [7, 11) is 0. The number of rotatable bonds is 5. The number of anilines is 1. The van der Waals surface area contributed by atoms with E-state index in [-0.39, 0.29) is 5.91 Å². The molecule has 0 aromatic heterocycles. The van der Waals surface area contributed by atoms with Crippen molar-refractivity contribution < 1.29 is 9.59 Å². The van der Waals surface area contributed by atoms with Gasteiger partial charge in [0.15, 0.2) is 0 Å². The number of halogens is 1. The van der Waals surface area contributed by atoms with Gasteiger partial charge in [0.2, 0.25) is 11.8 Å². The first-order chi connectivity index (χ1) is 12.1. The SMILES string of the molecule is Cc1cccc(CNC(=O)C(C)(C)C(=O)Nc2c(C)cc(C)cc2Cl)c1. The van der Waals surface area contributed by atoms with Gasteiger partial charge in [-0.25, -0.2) is 0 Å². The van der Waals surface area contributed by atoms with E-state index in [0.717, 1.165) is 22.3 Å². The molecule has 138 valence electrons. The fourth-order valence-electron chi connectivity index (χ4n) is 2.67. The Kier molecular flexibility index (Phi) is 6.09. The molecule has 0 saturated carbocycles. The largest absolute Gasteiger partial charge is 0.351 e. The van der Waals surface area contributed by atoms with E-state index in [2.05, 4.69) is 10.6 Å². The second-order valence-corrected chi connectivity index (χ2v) is 7.60. The maximum atomic E-state index is 12.7. The van der Waals surface area contributed by atoms with Crippen LogP contribution in [0.25, 0.3) is 0 Å². The van der Waals surface area contributed by atoms with Crippen LogP contribution in [0.3, 0.4) is 0 Å². The zero-order valence-electron chi connectivity index (χ0n) is 15.9. The van der Waals surface area contributed by atoms with Crippen LogP contribution in [0.4, 0.5) is 5.69 Å². The second kappa shape index (κ2) is 7.92. The van der Waals surface area contributed by atoms with E-state index >= 15 is 0 Å². The highest BCUT2D eigenvalue weighted by Crippen LogP contribution is 2.29. The van der Waals surface area contributed by atoms with Gasteiger partial charge >= 0.3 is 0 Å². The van der Waals surface area contributed by atoms with Crippen LogP contribution in [-0.2, 0) is 16.1 Å². The molecule has 2 amide bonds. The average Bonchev–Trinajstić information content (AvgIpc) is 2.55. The van der Waals surface area contributed by atoms with Gasteiger partial charge in [0.05, 0.1) is 10.7 Å². The first kappa shape index (κ1) is 20.0. The highest BCUT2D eigenvalue weighted by Gasteiger charge is 2.36. The number of hydrogen-bond acceptors (Lipinski definition) is 2. The summed E-state index contributed by atoms with van der Waals surface area (Å²) in [6.07, 6.45) is 0. The Balaban J connectivity index is 2.08. The van der Waals surface area contributed by atoms with Crippen molar-refractivity contribution in [1.82, 2.24) is 5.32 Å². The summed E-state index contributed by atoms with van der Waals surface area (Å²) in [5.41, 5.74) is 3.30. The molecule has 26 heavy (non-hydrogen) atoms. The zero-order chi connectivity index (χ0) is 19.5. The maximum absolute atomic E-state index is 12.7. The fourth-order valence-corrected chi connectivity index (χ4v) is 3.04. The van der Waals surface area contributed by atoms with E-state index in [4.69, 9.17) is 11.6 Å². The summed E-state index contributed by atoms with van der Waals surface area (Å²) in [4.78, 5) is 25.3. The molecule has 0 aliphatic rings. The van der Waals surface area contributed by atoms with E-state index in [1.165, 1.54) is 0 Å². The summed E-state index contributed by atoms with van der Waals surface area (Å²) in [6, 6.07) is 11.6. The predicted molar refractivity (Wildman–Crippen MR) is 106 cm³/mol. The topological polar surface area (TPSA) is 58.2 Å². The van der Waals surface area contributed by atoms with Gasteiger partial charge < -0.3 is 10.6 Å². The van der Waals surface area contributed by atoms with E-state index in [0.29, 0.717) is 17.3 Å². The van der Waals surface area contributed by atoms with Crippen LogP contribution >= 0.6 is 11.6 Å². The lowest BCUT2D eigenvalue weighted by Gasteiger charge is -2.24. The van der Waals surface area contributed by atoms with E-state index < -0.39 is 11.3 Å². The smallest absolute Gasteiger partial charge is 0.239 e. The Morgan fingerprint density at radius 3 is 2.31 bits per heavy atom. The highest BCUT2D eigenvalue weighted by atomic mass is 35.5. The minimum absolute atomic E-state index is 0.336. The molecule has 2 rings (SSSR count). The number of hydrogen-bond donors (Lipinski definition) is 2. The van der Waals surface area contributed by atoms with Crippen LogP contribution in [0, 0.1) is 26.2 Å². The number of benzene rings is 2. The summed E-state index contributed by atoms with van der Waals surface area (Å²) >= 11 is 6.25. The molecular weight excluding hydrogens is 348 g/mol. The Morgan fingerprint density at radius 1 is 1.00 bits per heavy atom. The monoisotopic (exact) mass is 372 g/mol. The second-order valence-electron chi connectivity index (χ2n) is 7.19. The lowest BCUT2D eigenvalue weighted by atomic mass is 9.90. The van der Waals surface area contributed by atoms with Gasteiger partial charge in [0.25, 0.3) is 0 Å². The molecule has 0 atom stereocenters. The van der Waals surface area contributed by atoms with Gasteiger partial charge in [0, 0.05) is 6.54 Å². The third kappa shape index (κ3) is 4.64. The third-order valence-electron chi connectivity index (χ3n) is 4.34. The number of carbonyl (C=O) groups excluding carboxylic acids is 2. The van der Waals surface area contributed by atoms with Gasteiger partial charge in [0.1, 0.15) is 5.41 Å². The van der Waals surface area contributed by atoms with Crippen molar-refractivity contribution >= 4 is 29.1 Å². The average molecular weight is 373 g/mol. The Morgan fingerprint density at radius 2 is 1.69 bits per heavy atom. The molecule has 5 heteroatoms. The van der Waals surface area contributed by atoms with Gasteiger partial charge in [-0.3, -0.25) is 9.59 Å². The molecule has 2 N–H and O–H groups in total. The predicted octanol–water partition coefficient (Wildman–Crippen LogP) is 4.55. The minimum Gasteiger partial charge on any atom is -0.351 e. The molecule has 0 aliphatic heterocycles. The van der Waals surface area contributed by atoms with Crippen molar-refractivity contribution in [3.05, 3.63) is 63.7 Å². The molecule has 0 spiro atoms. The van der Waals surface area contributed by atoms with Crippen molar-refractivity contribution in [2.75, 3.05) is 5.32 Å². The lowest BCUT2D eigenvalue weighted by Crippen LogP contribution is -2.45. The van der Waals surface area contributed by atoms with Gasteiger partial charge in [-0.2, -0.15) is 0 Å². The van der Waals surface area contributed by atoms with Crippen LogP contribution in [0.2, 0.25) is 5.02 Å². The molecule has 0 heterocycles. The standard InChI is InChI=1S/C21H25ClN2O2/c1-13-7-6-8-16(10-13)12-23-19(25)21(4,5)20(26)24-18-15(3)9-14(2)11-17(18)22/h6-11H,12H2,1-5H3,(H,23,25)(H,24,26). The minimum atomic E-state index is -1.23. The Hall–Kier alpha value is -2.33. The van der Waals surface area contributed by atoms with E-state index in [1.54, 1.807) is 19.9 Å². The summed E-state index contributed by atoms with van der Waals surface area (Å²) in [5.74, 6) is -0.731. The molecule has 4 nitrogen and oxygen atoms in total. The summed E-state index contributed by atoms with van der Waals surface area (Å²) in [6.45, 7) is 9.39. The van der Waals surface area contributed by atoms with Crippen molar-refractivity contribution in [2.45, 2.75) is 41.2 Å². The third-order valence-corrected chi connectivity index (χ3v) is 4.64. The molecule has 2 aromatic rings. The Bertz CT molecular complexity index is 821. The first-order valence-corrected chi connectivity index (χ1v) is 8.91. The molecule has 0 bridgehead atoms. The molecule has 0 radical (unpaired) electrons. The molecule has 0 saturated heterocycles. The van der Waals surface area contributed by atoms with Crippen molar-refractivity contribution in [3.63, 3.8) is 0 Å². The molecule has 0 fully saturated rings. The highest BCUT2D eigenvalue weighted by molar-refractivity contribution is 6.34. The number of amides is 2. The van der Waals surface area contributed by atoms with Crippen molar-refractivity contribution in [3.8, 4) is 0 Å². The van der Waals surface area contributed by atoms with E-state index in [1.807, 2.05) is 51.1 Å². The van der Waals surface area contributed by atoms with Crippen LogP contribution in [-0.4, -0.2) is 11.8 Å². The lowest BCUT2D eigenvalue weighted by molar-refractivity contribution is -0.138. The first-order valence-electron chi connectivity index (χ1n) is 8.53. The molecule has 2 aromatic carbocycles. The molecule has 0 unspecified atom stereocenters. The summed E-state index contributed by atoms with van der Waals surface area (Å²) in [5, 5.41) is 6.11. The fraction of sp³-hybridized carbons (Fsp3) is 0.333. The van der Waals surface area contributed by atoms with Crippen LogP contribution < -0.4 is 10.6 Å². The zero-order valence-corrected chi connectivity index (χ0v) is 16.6. The van der Waals surface area contributed by atoms with Gasteiger partial charge in [-0.1, -0.05) is 47.5 Å². The number of nitrogens with one attached hydrogen (secondary N) is 2. The Labute approximate surface area is 159 Å². The maximum Gasteiger partial charge on any atom is 0.239 e. The number of aryl methyl sites for hydroxylation is 3. The molecule has 0 aliphatic carbocycles. The number of carbonyl (C=O) groups is 2. The van der Waals surface area contributed by atoms with Gasteiger partial charge in [-0.05, 0) is 57.4 Å². The molecular formula is C21H25ClN2O2. The van der Waals surface area contributed by atoms with Crippen molar-refractivity contribution in [1.29, 1.82) is 0 Å². The van der Waals surface area contributed by atoms with Crippen molar-refractivity contribution in [2.24, 2.45) is 5.41 Å². The van der Waals surface area contributed by atoms with Crippen LogP contribution in [0.15, 0.2) is 36.4 Å².